The van der Waals surface area contributed by atoms with Gasteiger partial charge in [0.2, 0.25) is 0 Å². The quantitative estimate of drug-likeness (QED) is 0.825. The zero-order chi connectivity index (χ0) is 12.5. The summed E-state index contributed by atoms with van der Waals surface area (Å²) >= 11 is 0. The predicted octanol–water partition coefficient (Wildman–Crippen LogP) is 3.32. The van der Waals surface area contributed by atoms with Crippen LogP contribution in [0.25, 0.3) is 0 Å². The largest absolute Gasteiger partial charge is 0.382 e. The molecule has 0 amide bonds. The molecule has 1 fully saturated rings. The summed E-state index contributed by atoms with van der Waals surface area (Å²) in [6.45, 7) is 0.814. The summed E-state index contributed by atoms with van der Waals surface area (Å²) in [4.78, 5) is 0. The van der Waals surface area contributed by atoms with Crippen LogP contribution in [0, 0.1) is 34.9 Å². The van der Waals surface area contributed by atoms with Crippen molar-refractivity contribution in [3.8, 4) is 6.07 Å². The Labute approximate surface area is 106 Å². The molecule has 3 atom stereocenters. The molecule has 1 aromatic carbocycles. The normalized spacial score (nSPS) is 28.3. The second-order valence-corrected chi connectivity index (χ2v) is 5.23. The van der Waals surface area contributed by atoms with E-state index in [9.17, 15) is 4.39 Å². The molecule has 18 heavy (non-hydrogen) atoms. The van der Waals surface area contributed by atoms with Crippen LogP contribution in [0.5, 0.6) is 0 Å². The van der Waals surface area contributed by atoms with Crippen molar-refractivity contribution in [2.75, 3.05) is 11.9 Å². The fourth-order valence-electron chi connectivity index (χ4n) is 3.10. The number of nitrogens with one attached hydrogen (secondary N) is 1. The molecule has 0 spiro atoms. The van der Waals surface area contributed by atoms with Gasteiger partial charge in [-0.25, -0.2) is 4.39 Å². The fraction of sp³-hybridized carbons (Fsp3) is 0.400. The molecule has 1 aromatic rings. The molecule has 2 nitrogen and oxygen atoms in total. The Bertz CT molecular complexity index is 530. The van der Waals surface area contributed by atoms with Crippen molar-refractivity contribution in [1.82, 2.24) is 0 Å². The van der Waals surface area contributed by atoms with Gasteiger partial charge >= 0.3 is 0 Å². The number of allylic oxidation sites excluding steroid dienone is 2. The third kappa shape index (κ3) is 1.99. The van der Waals surface area contributed by atoms with E-state index < -0.39 is 0 Å². The Hall–Kier alpha value is -1.82. The Morgan fingerprint density at radius 2 is 2.22 bits per heavy atom. The van der Waals surface area contributed by atoms with E-state index in [1.165, 1.54) is 18.9 Å². The SMILES string of the molecule is N#Cc1ccc(NCC2CC3C=CC2C3)c(F)c1. The maximum atomic E-state index is 13.7. The average Bonchev–Trinajstić information content (AvgIpc) is 2.99. The monoisotopic (exact) mass is 242 g/mol. The molecule has 0 radical (unpaired) electrons. The van der Waals surface area contributed by atoms with Gasteiger partial charge in [-0.1, -0.05) is 12.2 Å². The van der Waals surface area contributed by atoms with Crippen LogP contribution >= 0.6 is 0 Å². The smallest absolute Gasteiger partial charge is 0.147 e. The van der Waals surface area contributed by atoms with E-state index in [-0.39, 0.29) is 5.82 Å². The standard InChI is InChI=1S/C15H15FN2/c16-14-7-11(8-17)2-4-15(14)18-9-13-6-10-1-3-12(13)5-10/h1-4,7,10,12-13,18H,5-6,9H2. The number of rotatable bonds is 3. The van der Waals surface area contributed by atoms with Crippen molar-refractivity contribution in [3.05, 3.63) is 41.7 Å². The highest BCUT2D eigenvalue weighted by atomic mass is 19.1. The van der Waals surface area contributed by atoms with Crippen molar-refractivity contribution in [2.24, 2.45) is 17.8 Å². The number of halogens is 1. The van der Waals surface area contributed by atoms with E-state index in [4.69, 9.17) is 5.26 Å². The second-order valence-electron chi connectivity index (χ2n) is 5.23. The first-order valence-electron chi connectivity index (χ1n) is 6.38. The van der Waals surface area contributed by atoms with Crippen LogP contribution in [0.3, 0.4) is 0 Å². The third-order valence-corrected chi connectivity index (χ3v) is 4.07. The van der Waals surface area contributed by atoms with Crippen LogP contribution in [0.1, 0.15) is 18.4 Å². The summed E-state index contributed by atoms with van der Waals surface area (Å²) < 4.78 is 13.7. The van der Waals surface area contributed by atoms with Gasteiger partial charge < -0.3 is 5.32 Å². The van der Waals surface area contributed by atoms with Crippen molar-refractivity contribution in [3.63, 3.8) is 0 Å². The lowest BCUT2D eigenvalue weighted by atomic mass is 9.93. The molecular formula is C15H15FN2. The lowest BCUT2D eigenvalue weighted by Crippen LogP contribution is -2.18. The Morgan fingerprint density at radius 1 is 1.33 bits per heavy atom. The highest BCUT2D eigenvalue weighted by Gasteiger charge is 2.35. The van der Waals surface area contributed by atoms with Gasteiger partial charge in [0.05, 0.1) is 17.3 Å². The van der Waals surface area contributed by atoms with Crippen molar-refractivity contribution in [2.45, 2.75) is 12.8 Å². The molecule has 2 bridgehead atoms. The van der Waals surface area contributed by atoms with E-state index in [0.717, 1.165) is 12.5 Å². The van der Waals surface area contributed by atoms with Gasteiger partial charge in [0.25, 0.3) is 0 Å². The van der Waals surface area contributed by atoms with Crippen LogP contribution in [0.2, 0.25) is 0 Å². The minimum absolute atomic E-state index is 0.340. The van der Waals surface area contributed by atoms with Gasteiger partial charge in [0.1, 0.15) is 5.82 Å². The zero-order valence-corrected chi connectivity index (χ0v) is 10.1. The summed E-state index contributed by atoms with van der Waals surface area (Å²) in [5, 5.41) is 11.9. The van der Waals surface area contributed by atoms with Crippen LogP contribution in [0.4, 0.5) is 10.1 Å². The van der Waals surface area contributed by atoms with Gasteiger partial charge in [-0.05, 0) is 48.8 Å². The molecule has 2 aliphatic rings. The molecule has 1 saturated carbocycles. The van der Waals surface area contributed by atoms with Gasteiger partial charge in [-0.3, -0.25) is 0 Å². The number of nitrogens with zero attached hydrogens (tertiary/aromatic N) is 1. The molecule has 3 heteroatoms. The molecule has 1 N–H and O–H groups in total. The highest BCUT2D eigenvalue weighted by molar-refractivity contribution is 5.48. The number of anilines is 1. The third-order valence-electron chi connectivity index (χ3n) is 4.07. The summed E-state index contributed by atoms with van der Waals surface area (Å²) in [7, 11) is 0. The van der Waals surface area contributed by atoms with E-state index in [0.29, 0.717) is 23.1 Å². The number of nitriles is 1. The predicted molar refractivity (Wildman–Crippen MR) is 68.4 cm³/mol. The minimum atomic E-state index is -0.340. The number of hydrogen-bond donors (Lipinski definition) is 1. The van der Waals surface area contributed by atoms with Gasteiger partial charge in [0.15, 0.2) is 0 Å². The van der Waals surface area contributed by atoms with Crippen molar-refractivity contribution < 1.29 is 4.39 Å². The molecule has 0 heterocycles. The summed E-state index contributed by atoms with van der Waals surface area (Å²) in [5.74, 6) is 1.69. The molecule has 3 rings (SSSR count). The Morgan fingerprint density at radius 3 is 2.83 bits per heavy atom. The number of benzene rings is 1. The van der Waals surface area contributed by atoms with Crippen molar-refractivity contribution in [1.29, 1.82) is 5.26 Å². The van der Waals surface area contributed by atoms with Crippen LogP contribution in [0.15, 0.2) is 30.4 Å². The summed E-state index contributed by atoms with van der Waals surface area (Å²) in [6.07, 6.45) is 7.09. The average molecular weight is 242 g/mol. The Balaban J connectivity index is 1.64. The second kappa shape index (κ2) is 4.45. The first kappa shape index (κ1) is 11.3. The molecular weight excluding hydrogens is 227 g/mol. The maximum Gasteiger partial charge on any atom is 0.147 e. The van der Waals surface area contributed by atoms with Gasteiger partial charge in [-0.15, -0.1) is 0 Å². The first-order chi connectivity index (χ1) is 8.76. The van der Waals surface area contributed by atoms with Crippen LogP contribution in [-0.2, 0) is 0 Å². The first-order valence-corrected chi connectivity index (χ1v) is 6.38. The number of fused-ring (bicyclic) bond motifs is 2. The summed E-state index contributed by atoms with van der Waals surface area (Å²) in [6, 6.07) is 6.51. The topological polar surface area (TPSA) is 35.8 Å². The lowest BCUT2D eigenvalue weighted by Gasteiger charge is -2.19. The Kier molecular flexibility index (Phi) is 2.79. The molecule has 0 saturated heterocycles. The molecule has 2 aliphatic carbocycles. The van der Waals surface area contributed by atoms with Gasteiger partial charge in [-0.2, -0.15) is 5.26 Å². The maximum absolute atomic E-state index is 13.7. The van der Waals surface area contributed by atoms with E-state index >= 15 is 0 Å². The lowest BCUT2D eigenvalue weighted by molar-refractivity contribution is 0.470. The molecule has 0 aliphatic heterocycles. The van der Waals surface area contributed by atoms with E-state index in [1.807, 2.05) is 6.07 Å². The molecule has 3 unspecified atom stereocenters. The zero-order valence-electron chi connectivity index (χ0n) is 10.1. The fourth-order valence-corrected chi connectivity index (χ4v) is 3.10. The number of hydrogen-bond acceptors (Lipinski definition) is 2. The highest BCUT2D eigenvalue weighted by Crippen LogP contribution is 2.43. The molecule has 0 aromatic heterocycles. The summed E-state index contributed by atoms with van der Waals surface area (Å²) in [5.41, 5.74) is 0.863. The van der Waals surface area contributed by atoms with Gasteiger partial charge in [0, 0.05) is 6.54 Å². The van der Waals surface area contributed by atoms with Crippen LogP contribution < -0.4 is 5.32 Å². The van der Waals surface area contributed by atoms with Crippen LogP contribution in [-0.4, -0.2) is 6.54 Å². The van der Waals surface area contributed by atoms with E-state index in [2.05, 4.69) is 17.5 Å². The van der Waals surface area contributed by atoms with Crippen molar-refractivity contribution >= 4 is 5.69 Å². The van der Waals surface area contributed by atoms with E-state index in [1.54, 1.807) is 12.1 Å². The minimum Gasteiger partial charge on any atom is -0.382 e. The molecule has 92 valence electrons.